The minimum absolute atomic E-state index is 0.0719. The Hall–Kier alpha value is -7.45. The number of phenols is 1. The number of carbonyl (C=O) groups is 12. The molecule has 1 saturated heterocycles. The average Bonchev–Trinajstić information content (AvgIpc) is 4.04. The Balaban J connectivity index is 2.18. The first-order valence-corrected chi connectivity index (χ1v) is 28.4. The van der Waals surface area contributed by atoms with Crippen molar-refractivity contribution in [1.82, 2.24) is 63.4 Å². The molecule has 30 nitrogen and oxygen atoms in total. The summed E-state index contributed by atoms with van der Waals surface area (Å²) in [7, 11) is 0. The number of likely N-dealkylation sites (tertiary alicyclic amines) is 1. The molecule has 11 amide bonds. The SMILES string of the molecule is CSCC[C@H](N)C(=O)N1CCC[C@H]1C(=O)N[C@H](C(=O)N[C@@H](C)C(=O)N[C@H](C(=O)N[C@@H](Cc1ccc(O)cc1)C(=O)N[C@@H](CCCNC(=N)N)C(=O)NCC(=O)NCC(=O)NCC(=O)N[C@@H](CO)C(=O)N[C@@H](CS)C(=O)O)C(C)C)C(C)C. The number of thioether (sulfide) groups is 1. The second-order valence-corrected chi connectivity index (χ2v) is 21.3. The van der Waals surface area contributed by atoms with Crippen molar-refractivity contribution in [3.05, 3.63) is 29.8 Å². The molecule has 19 N–H and O–H groups in total. The number of aromatic hydroxyl groups is 1. The van der Waals surface area contributed by atoms with Crippen LogP contribution < -0.4 is 70.0 Å². The summed E-state index contributed by atoms with van der Waals surface area (Å²) in [6.07, 6.45) is 3.05. The molecule has 1 aliphatic rings. The van der Waals surface area contributed by atoms with E-state index in [2.05, 4.69) is 71.1 Å². The minimum atomic E-state index is -1.57. The van der Waals surface area contributed by atoms with Crippen LogP contribution in [0.2, 0.25) is 0 Å². The molecule has 1 aliphatic heterocycles. The first-order chi connectivity index (χ1) is 38.6. The van der Waals surface area contributed by atoms with Gasteiger partial charge in [-0.25, -0.2) is 4.79 Å². The van der Waals surface area contributed by atoms with Crippen LogP contribution in [0.5, 0.6) is 5.75 Å². The number of hydrogen-bond donors (Lipinski definition) is 18. The Bertz CT molecular complexity index is 2400. The van der Waals surface area contributed by atoms with E-state index in [0.29, 0.717) is 37.1 Å². The smallest absolute Gasteiger partial charge is 0.327 e. The van der Waals surface area contributed by atoms with Gasteiger partial charge in [-0.05, 0) is 80.6 Å². The fourth-order valence-corrected chi connectivity index (χ4v) is 8.67. The standard InChI is InChI=1S/C50H81N15O15S2/c1-25(2)39(64-45(75)35-10-8-17-65(35)48(78)30(51)15-18-82-6)46(76)58-27(5)41(71)63-40(26(3)4)47(77)61-32(19-28-11-13-29(67)14-12-28)43(73)60-31(9-7-16-54-50(52)53)42(72)57-21-37(69)55-20-36(68)56-22-38(70)59-33(23-66)44(74)62-34(24-81)49(79)80/h11-14,25-27,30-35,39-40,66-67,81H,7-10,15-24,51H2,1-6H3,(H,55,69)(H,56,68)(H,57,72)(H,58,76)(H,59,70)(H,60,73)(H,61,77)(H,62,74)(H,63,71)(H,64,75)(H,79,80)(H4,52,53,54)/t27-,30-,31-,32-,33-,34-,35-,39-,40-/m0/s1. The summed E-state index contributed by atoms with van der Waals surface area (Å²) in [5.74, 6) is -11.4. The molecule has 458 valence electrons. The molecule has 1 fully saturated rings. The predicted molar refractivity (Wildman–Crippen MR) is 303 cm³/mol. The van der Waals surface area contributed by atoms with Crippen LogP contribution in [-0.4, -0.2) is 209 Å². The molecular formula is C50H81N15O15S2. The topological polar surface area (TPSA) is 477 Å². The highest BCUT2D eigenvalue weighted by Gasteiger charge is 2.39. The van der Waals surface area contributed by atoms with Crippen molar-refractivity contribution in [3.63, 3.8) is 0 Å². The fourth-order valence-electron chi connectivity index (χ4n) is 7.93. The van der Waals surface area contributed by atoms with Crippen LogP contribution >= 0.6 is 24.4 Å². The molecule has 0 radical (unpaired) electrons. The lowest BCUT2D eigenvalue weighted by molar-refractivity contribution is -0.141. The van der Waals surface area contributed by atoms with Crippen LogP contribution in [0, 0.1) is 17.2 Å². The quantitative estimate of drug-likeness (QED) is 0.0130. The number of carbonyl (C=O) groups excluding carboxylic acids is 11. The zero-order valence-corrected chi connectivity index (χ0v) is 48.5. The molecule has 9 atom stereocenters. The number of nitrogens with one attached hydrogen (secondary N) is 12. The first-order valence-electron chi connectivity index (χ1n) is 26.4. The summed E-state index contributed by atoms with van der Waals surface area (Å²) in [4.78, 5) is 159. The van der Waals surface area contributed by atoms with Gasteiger partial charge in [0.15, 0.2) is 5.96 Å². The Kier molecular flexibility index (Phi) is 31.1. The van der Waals surface area contributed by atoms with E-state index in [0.717, 1.165) is 0 Å². The van der Waals surface area contributed by atoms with Gasteiger partial charge in [0.2, 0.25) is 65.0 Å². The molecule has 0 spiro atoms. The third-order valence-electron chi connectivity index (χ3n) is 12.6. The number of amides is 11. The van der Waals surface area contributed by atoms with Gasteiger partial charge in [0, 0.05) is 25.3 Å². The fraction of sp³-hybridized carbons (Fsp3) is 0.620. The zero-order chi connectivity index (χ0) is 61.8. The van der Waals surface area contributed by atoms with E-state index in [4.69, 9.17) is 22.0 Å². The third kappa shape index (κ3) is 24.7. The Morgan fingerprint density at radius 3 is 1.79 bits per heavy atom. The highest BCUT2D eigenvalue weighted by molar-refractivity contribution is 7.98. The van der Waals surface area contributed by atoms with E-state index in [1.807, 2.05) is 6.26 Å². The number of guanidine groups is 1. The average molecular weight is 1200 g/mol. The lowest BCUT2D eigenvalue weighted by atomic mass is 10.00. The van der Waals surface area contributed by atoms with Gasteiger partial charge in [0.25, 0.3) is 0 Å². The first kappa shape index (κ1) is 70.7. The van der Waals surface area contributed by atoms with Gasteiger partial charge in [-0.2, -0.15) is 24.4 Å². The summed E-state index contributed by atoms with van der Waals surface area (Å²) in [6, 6.07) is -5.53. The van der Waals surface area contributed by atoms with Crippen LogP contribution in [-0.2, 0) is 64.0 Å². The van der Waals surface area contributed by atoms with Gasteiger partial charge in [-0.1, -0.05) is 39.8 Å². The minimum Gasteiger partial charge on any atom is -0.508 e. The van der Waals surface area contributed by atoms with Gasteiger partial charge in [-0.15, -0.1) is 0 Å². The Morgan fingerprint density at radius 1 is 0.683 bits per heavy atom. The van der Waals surface area contributed by atoms with Gasteiger partial charge in [0.05, 0.1) is 32.3 Å². The van der Waals surface area contributed by atoms with Crippen LogP contribution in [0.15, 0.2) is 24.3 Å². The van der Waals surface area contributed by atoms with Crippen LogP contribution in [0.3, 0.4) is 0 Å². The molecule has 1 aromatic rings. The Labute approximate surface area is 484 Å². The number of aliphatic hydroxyl groups is 1. The second-order valence-electron chi connectivity index (χ2n) is 19.9. The maximum Gasteiger partial charge on any atom is 0.327 e. The second kappa shape index (κ2) is 36.1. The van der Waals surface area contributed by atoms with E-state index < -0.39 is 157 Å². The molecule has 0 bridgehead atoms. The summed E-state index contributed by atoms with van der Waals surface area (Å²) in [5, 5.41) is 62.8. The normalized spacial score (nSPS) is 15.8. The van der Waals surface area contributed by atoms with E-state index in [-0.39, 0.29) is 49.2 Å². The lowest BCUT2D eigenvalue weighted by Gasteiger charge is -2.30. The van der Waals surface area contributed by atoms with Crippen molar-refractivity contribution in [2.75, 3.05) is 57.1 Å². The maximum absolute atomic E-state index is 14.2. The number of phenolic OH excluding ortho intramolecular Hbond substituents is 1. The van der Waals surface area contributed by atoms with Crippen molar-refractivity contribution >= 4 is 101 Å². The van der Waals surface area contributed by atoms with Gasteiger partial charge in [-0.3, -0.25) is 58.1 Å². The van der Waals surface area contributed by atoms with Gasteiger partial charge < -0.3 is 90.2 Å². The largest absolute Gasteiger partial charge is 0.508 e. The van der Waals surface area contributed by atoms with Crippen LogP contribution in [0.1, 0.15) is 72.3 Å². The van der Waals surface area contributed by atoms with Crippen LogP contribution in [0.4, 0.5) is 0 Å². The highest BCUT2D eigenvalue weighted by atomic mass is 32.2. The van der Waals surface area contributed by atoms with E-state index in [1.54, 1.807) is 27.7 Å². The molecule has 0 saturated carbocycles. The maximum atomic E-state index is 14.2. The van der Waals surface area contributed by atoms with E-state index in [9.17, 15) is 67.7 Å². The van der Waals surface area contributed by atoms with Crippen LogP contribution in [0.25, 0.3) is 0 Å². The van der Waals surface area contributed by atoms with Gasteiger partial charge >= 0.3 is 5.97 Å². The predicted octanol–water partition coefficient (Wildman–Crippen LogP) is -5.65. The van der Waals surface area contributed by atoms with Crippen molar-refractivity contribution < 1.29 is 72.9 Å². The number of hydrogen-bond acceptors (Lipinski definition) is 18. The number of aliphatic carboxylic acids is 1. The van der Waals surface area contributed by atoms with Crippen molar-refractivity contribution in [2.45, 2.75) is 128 Å². The number of aliphatic hydroxyl groups excluding tert-OH is 1. The number of benzene rings is 1. The highest BCUT2D eigenvalue weighted by Crippen LogP contribution is 2.20. The monoisotopic (exact) mass is 1200 g/mol. The number of carboxylic acids is 1. The lowest BCUT2D eigenvalue weighted by Crippen LogP contribution is -2.61. The summed E-state index contributed by atoms with van der Waals surface area (Å²) >= 11 is 5.36. The molecule has 2 rings (SSSR count). The number of nitrogens with zero attached hydrogens (tertiary/aromatic N) is 1. The third-order valence-corrected chi connectivity index (χ3v) is 13.6. The van der Waals surface area contributed by atoms with Crippen molar-refractivity contribution in [3.8, 4) is 5.75 Å². The molecule has 1 aromatic carbocycles. The van der Waals surface area contributed by atoms with E-state index in [1.165, 1.54) is 47.9 Å². The van der Waals surface area contributed by atoms with E-state index >= 15 is 0 Å². The Morgan fingerprint density at radius 2 is 1.23 bits per heavy atom. The summed E-state index contributed by atoms with van der Waals surface area (Å²) in [5.41, 5.74) is 12.0. The molecule has 0 unspecified atom stereocenters. The number of nitrogens with two attached hydrogens (primary N) is 2. The van der Waals surface area contributed by atoms with Crippen molar-refractivity contribution in [2.24, 2.45) is 23.3 Å². The molecule has 32 heteroatoms. The van der Waals surface area contributed by atoms with Gasteiger partial charge in [0.1, 0.15) is 54.1 Å². The molecular weight excluding hydrogens is 1110 g/mol. The zero-order valence-electron chi connectivity index (χ0n) is 46.8. The molecule has 0 aliphatic carbocycles. The number of rotatable bonds is 35. The molecule has 0 aromatic heterocycles. The number of carboxylic acid groups (broad SMARTS) is 1. The number of thiol groups is 1. The molecule has 1 heterocycles. The molecule has 82 heavy (non-hydrogen) atoms. The van der Waals surface area contributed by atoms with Crippen molar-refractivity contribution in [1.29, 1.82) is 5.41 Å². The summed E-state index contributed by atoms with van der Waals surface area (Å²) < 4.78 is 0. The summed E-state index contributed by atoms with van der Waals surface area (Å²) in [6.45, 7) is 5.30.